The van der Waals surface area contributed by atoms with Crippen molar-refractivity contribution in [2.75, 3.05) is 33.9 Å². The summed E-state index contributed by atoms with van der Waals surface area (Å²) in [4.78, 5) is 48.9. The van der Waals surface area contributed by atoms with Crippen LogP contribution in [0.15, 0.2) is 0 Å². The minimum Gasteiger partial charge on any atom is -0.480 e. The Morgan fingerprint density at radius 1 is 1.31 bits per heavy atom. The number of imide groups is 1. The number of rotatable bonds is 7. The molecule has 0 aliphatic carbocycles. The maximum Gasteiger partial charge on any atom is 0.408 e. The number of carbonyl (C=O) groups excluding carboxylic acids is 3. The van der Waals surface area contributed by atoms with Crippen LogP contribution in [0.3, 0.4) is 0 Å². The number of ether oxygens (including phenoxy) is 3. The Balaban J connectivity index is 2.66. The number of nitrogens with one attached hydrogen (secondary N) is 1. The Morgan fingerprint density at radius 2 is 1.88 bits per heavy atom. The highest BCUT2D eigenvalue weighted by Crippen LogP contribution is 2.15. The Bertz CT molecular complexity index is 556. The van der Waals surface area contributed by atoms with Gasteiger partial charge in [0.25, 0.3) is 5.91 Å². The summed E-state index contributed by atoms with van der Waals surface area (Å²) in [5.74, 6) is -1.90. The number of amides is 4. The van der Waals surface area contributed by atoms with Gasteiger partial charge in [0.2, 0.25) is 0 Å². The highest BCUT2D eigenvalue weighted by molar-refractivity contribution is 6.03. The first-order chi connectivity index (χ1) is 12.0. The number of hydrogen-bond donors (Lipinski definition) is 2. The Morgan fingerprint density at radius 3 is 2.31 bits per heavy atom. The number of hydrogen-bond acceptors (Lipinski definition) is 7. The summed E-state index contributed by atoms with van der Waals surface area (Å²) in [7, 11) is 2.68. The Kier molecular flexibility index (Phi) is 7.33. The van der Waals surface area contributed by atoms with Crippen LogP contribution < -0.4 is 5.32 Å². The molecule has 0 bridgehead atoms. The van der Waals surface area contributed by atoms with Gasteiger partial charge in [-0.3, -0.25) is 14.5 Å². The van der Waals surface area contributed by atoms with Crippen LogP contribution >= 0.6 is 0 Å². The molecule has 0 saturated carbocycles. The normalized spacial score (nSPS) is 16.9. The smallest absolute Gasteiger partial charge is 0.408 e. The van der Waals surface area contributed by atoms with Crippen molar-refractivity contribution in [1.82, 2.24) is 15.1 Å². The van der Waals surface area contributed by atoms with Crippen molar-refractivity contribution in [3.05, 3.63) is 0 Å². The second-order valence-corrected chi connectivity index (χ2v) is 6.61. The van der Waals surface area contributed by atoms with E-state index in [4.69, 9.17) is 19.3 Å². The summed E-state index contributed by atoms with van der Waals surface area (Å²) in [6, 6.07) is -1.71. The van der Waals surface area contributed by atoms with E-state index in [0.29, 0.717) is 0 Å². The number of methoxy groups -OCH3 is 2. The van der Waals surface area contributed by atoms with Crippen LogP contribution in [-0.4, -0.2) is 90.7 Å². The SMILES string of the molecule is COC(CN(CC(=O)O)C(=O)N1CC(NC(=O)OC(C)(C)C)C1=O)OC. The molecule has 0 aromatic carbocycles. The van der Waals surface area contributed by atoms with E-state index in [1.807, 2.05) is 0 Å². The van der Waals surface area contributed by atoms with Crippen molar-refractivity contribution in [1.29, 1.82) is 0 Å². The molecule has 1 heterocycles. The summed E-state index contributed by atoms with van der Waals surface area (Å²) in [6.07, 6.45) is -1.62. The van der Waals surface area contributed by atoms with Crippen LogP contribution in [0, 0.1) is 0 Å². The highest BCUT2D eigenvalue weighted by Gasteiger charge is 2.44. The van der Waals surface area contributed by atoms with Gasteiger partial charge >= 0.3 is 18.1 Å². The lowest BCUT2D eigenvalue weighted by molar-refractivity contribution is -0.146. The molecule has 1 saturated heterocycles. The summed E-state index contributed by atoms with van der Waals surface area (Å²) in [6.45, 7) is 4.14. The largest absolute Gasteiger partial charge is 0.480 e. The lowest BCUT2D eigenvalue weighted by atomic mass is 10.1. The minimum absolute atomic E-state index is 0.0857. The minimum atomic E-state index is -1.25. The van der Waals surface area contributed by atoms with Gasteiger partial charge in [-0.2, -0.15) is 0 Å². The quantitative estimate of drug-likeness (QED) is 0.463. The van der Waals surface area contributed by atoms with Crippen molar-refractivity contribution in [3.63, 3.8) is 0 Å². The molecule has 11 heteroatoms. The summed E-state index contributed by atoms with van der Waals surface area (Å²) in [5, 5.41) is 11.3. The van der Waals surface area contributed by atoms with E-state index >= 15 is 0 Å². The zero-order chi connectivity index (χ0) is 20.1. The van der Waals surface area contributed by atoms with Crippen LogP contribution in [-0.2, 0) is 23.8 Å². The number of carboxylic acid groups (broad SMARTS) is 1. The second kappa shape index (κ2) is 8.81. The van der Waals surface area contributed by atoms with Crippen LogP contribution in [0.5, 0.6) is 0 Å². The average molecular weight is 375 g/mol. The van der Waals surface area contributed by atoms with Crippen molar-refractivity contribution in [2.24, 2.45) is 0 Å². The van der Waals surface area contributed by atoms with Crippen molar-refractivity contribution in [3.8, 4) is 0 Å². The van der Waals surface area contributed by atoms with Crippen LogP contribution in [0.1, 0.15) is 20.8 Å². The predicted octanol–water partition coefficient (Wildman–Crippen LogP) is -0.153. The first kappa shape index (κ1) is 21.6. The molecule has 1 unspecified atom stereocenters. The van der Waals surface area contributed by atoms with Gasteiger partial charge in [0.15, 0.2) is 6.29 Å². The predicted molar refractivity (Wildman–Crippen MR) is 87.3 cm³/mol. The fourth-order valence-corrected chi connectivity index (χ4v) is 2.13. The number of urea groups is 1. The molecule has 1 aliphatic heterocycles. The standard InChI is InChI=1S/C15H25N3O8/c1-15(2,3)26-13(22)16-9-6-18(12(9)21)14(23)17(7-10(19)20)8-11(24-4)25-5/h9,11H,6-8H2,1-5H3,(H,16,22)(H,19,20). The Labute approximate surface area is 151 Å². The van der Waals surface area contributed by atoms with Gasteiger partial charge in [-0.1, -0.05) is 0 Å². The summed E-state index contributed by atoms with van der Waals surface area (Å²) in [5.41, 5.74) is -0.722. The first-order valence-electron chi connectivity index (χ1n) is 7.85. The second-order valence-electron chi connectivity index (χ2n) is 6.61. The van der Waals surface area contributed by atoms with E-state index in [1.54, 1.807) is 20.8 Å². The maximum atomic E-state index is 12.4. The third-order valence-corrected chi connectivity index (χ3v) is 3.34. The molecule has 2 N–H and O–H groups in total. The summed E-state index contributed by atoms with van der Waals surface area (Å²) < 4.78 is 15.0. The molecular formula is C15H25N3O8. The highest BCUT2D eigenvalue weighted by atomic mass is 16.7. The van der Waals surface area contributed by atoms with E-state index in [9.17, 15) is 19.2 Å². The van der Waals surface area contributed by atoms with Gasteiger partial charge in [-0.05, 0) is 20.8 Å². The monoisotopic (exact) mass is 375 g/mol. The van der Waals surface area contributed by atoms with Crippen LogP contribution in [0.2, 0.25) is 0 Å². The third kappa shape index (κ3) is 6.15. The molecule has 4 amide bonds. The summed E-state index contributed by atoms with van der Waals surface area (Å²) >= 11 is 0. The zero-order valence-corrected chi connectivity index (χ0v) is 15.5. The van der Waals surface area contributed by atoms with Gasteiger partial charge < -0.3 is 29.5 Å². The van der Waals surface area contributed by atoms with Gasteiger partial charge in [0.05, 0.1) is 13.1 Å². The average Bonchev–Trinajstić information content (AvgIpc) is 2.52. The van der Waals surface area contributed by atoms with E-state index in [2.05, 4.69) is 5.32 Å². The third-order valence-electron chi connectivity index (χ3n) is 3.34. The van der Waals surface area contributed by atoms with Gasteiger partial charge in [-0.25, -0.2) is 9.59 Å². The van der Waals surface area contributed by atoms with Crippen molar-refractivity contribution < 1.29 is 38.5 Å². The molecule has 148 valence electrons. The molecule has 1 atom stereocenters. The van der Waals surface area contributed by atoms with Gasteiger partial charge in [0.1, 0.15) is 18.2 Å². The Hall–Kier alpha value is -2.40. The number of aliphatic carboxylic acids is 1. The van der Waals surface area contributed by atoms with Gasteiger partial charge in [-0.15, -0.1) is 0 Å². The fourth-order valence-electron chi connectivity index (χ4n) is 2.13. The number of likely N-dealkylation sites (tertiary alicyclic amines) is 1. The zero-order valence-electron chi connectivity index (χ0n) is 15.5. The number of alkyl carbamates (subject to hydrolysis) is 1. The van der Waals surface area contributed by atoms with Crippen molar-refractivity contribution >= 4 is 24.0 Å². The first-order valence-corrected chi connectivity index (χ1v) is 7.85. The molecule has 11 nitrogen and oxygen atoms in total. The molecule has 1 fully saturated rings. The molecule has 0 aromatic rings. The molecule has 0 radical (unpaired) electrons. The maximum absolute atomic E-state index is 12.4. The topological polar surface area (TPSA) is 135 Å². The molecular weight excluding hydrogens is 350 g/mol. The number of carboxylic acids is 1. The van der Waals surface area contributed by atoms with Gasteiger partial charge in [0, 0.05) is 14.2 Å². The van der Waals surface area contributed by atoms with E-state index in [0.717, 1.165) is 9.80 Å². The van der Waals surface area contributed by atoms with E-state index in [1.165, 1.54) is 14.2 Å². The molecule has 0 aromatic heterocycles. The number of nitrogens with zero attached hydrogens (tertiary/aromatic N) is 2. The molecule has 1 rings (SSSR count). The number of carbonyl (C=O) groups is 4. The molecule has 26 heavy (non-hydrogen) atoms. The van der Waals surface area contributed by atoms with Crippen molar-refractivity contribution in [2.45, 2.75) is 38.7 Å². The van der Waals surface area contributed by atoms with Crippen LogP contribution in [0.4, 0.5) is 9.59 Å². The number of β-lactam (4-membered cyclic amide) rings is 1. The van der Waals surface area contributed by atoms with Crippen LogP contribution in [0.25, 0.3) is 0 Å². The van der Waals surface area contributed by atoms with E-state index < -0.39 is 48.5 Å². The fraction of sp³-hybridized carbons (Fsp3) is 0.733. The molecule has 1 aliphatic rings. The lowest BCUT2D eigenvalue weighted by Crippen LogP contribution is -2.68. The molecule has 0 spiro atoms. The van der Waals surface area contributed by atoms with E-state index in [-0.39, 0.29) is 13.1 Å². The lowest BCUT2D eigenvalue weighted by Gasteiger charge is -2.39.